The maximum Gasteiger partial charge on any atom is 0.155 e. The van der Waals surface area contributed by atoms with E-state index in [4.69, 9.17) is 28.0 Å². The highest BCUT2D eigenvalue weighted by Crippen LogP contribution is 2.17. The van der Waals surface area contributed by atoms with Crippen molar-refractivity contribution in [2.24, 2.45) is 0 Å². The Morgan fingerprint density at radius 2 is 2.36 bits per heavy atom. The second kappa shape index (κ2) is 3.85. The normalized spacial score (nSPS) is 17.2. The zero-order chi connectivity index (χ0) is 8.27. The third kappa shape index (κ3) is 2.29. The fourth-order valence-electron chi connectivity index (χ4n) is 0.624. The van der Waals surface area contributed by atoms with Crippen LogP contribution in [0.4, 0.5) is 0 Å². The van der Waals surface area contributed by atoms with Crippen molar-refractivity contribution < 1.29 is 4.84 Å². The number of hydroxylamine groups is 1. The van der Waals surface area contributed by atoms with Gasteiger partial charge in [-0.15, -0.1) is 0 Å². The predicted molar refractivity (Wildman–Crippen MR) is 44.5 cm³/mol. The highest BCUT2D eigenvalue weighted by Gasteiger charge is 2.10. The van der Waals surface area contributed by atoms with Crippen LogP contribution in [-0.4, -0.2) is 11.8 Å². The Labute approximate surface area is 75.1 Å². The number of hydrogen-bond acceptors (Lipinski definition) is 3. The van der Waals surface area contributed by atoms with Gasteiger partial charge in [0.2, 0.25) is 0 Å². The molecule has 0 amide bonds. The van der Waals surface area contributed by atoms with Crippen LogP contribution in [-0.2, 0) is 4.84 Å². The van der Waals surface area contributed by atoms with Crippen LogP contribution < -0.4 is 5.43 Å². The molecule has 1 aliphatic heterocycles. The molecule has 11 heavy (non-hydrogen) atoms. The summed E-state index contributed by atoms with van der Waals surface area (Å²) in [5.74, 6) is 0. The molecule has 3 nitrogen and oxygen atoms in total. The number of halogens is 2. The molecule has 0 aromatic carbocycles. The van der Waals surface area contributed by atoms with E-state index in [-0.39, 0.29) is 0 Å². The van der Waals surface area contributed by atoms with Crippen molar-refractivity contribution in [1.29, 1.82) is 0 Å². The van der Waals surface area contributed by atoms with Gasteiger partial charge in [0.15, 0.2) is 5.16 Å². The molecule has 0 unspecified atom stereocenters. The van der Waals surface area contributed by atoms with Crippen molar-refractivity contribution in [3.63, 3.8) is 0 Å². The molecule has 0 saturated carbocycles. The van der Waals surface area contributed by atoms with Crippen LogP contribution in [0.5, 0.6) is 0 Å². The molecule has 0 radical (unpaired) electrons. The molecule has 0 fully saturated rings. The van der Waals surface area contributed by atoms with Crippen LogP contribution in [0.1, 0.15) is 6.92 Å². The van der Waals surface area contributed by atoms with E-state index < -0.39 is 0 Å². The summed E-state index contributed by atoms with van der Waals surface area (Å²) in [4.78, 5) is 5.06. The van der Waals surface area contributed by atoms with Crippen LogP contribution >= 0.6 is 23.2 Å². The summed E-state index contributed by atoms with van der Waals surface area (Å²) in [5, 5.41) is 2.30. The van der Waals surface area contributed by atoms with Gasteiger partial charge < -0.3 is 0 Å². The van der Waals surface area contributed by atoms with E-state index in [1.165, 1.54) is 5.17 Å². The summed E-state index contributed by atoms with van der Waals surface area (Å²) >= 11 is 11.4. The van der Waals surface area contributed by atoms with Crippen LogP contribution in [0.3, 0.4) is 0 Å². The molecule has 0 aromatic heterocycles. The number of hydrazine groups is 1. The fraction of sp³-hybridized carbons (Fsp3) is 0.333. The standard InChI is InChI=1S/C6H8Cl2N2O/c1-2-11-10-6(8)3-5(7)4-9-10/h3-4,9H,2H2,1H3. The number of hydrogen-bond donors (Lipinski definition) is 1. The second-order valence-electron chi connectivity index (χ2n) is 1.84. The van der Waals surface area contributed by atoms with E-state index in [0.29, 0.717) is 16.8 Å². The van der Waals surface area contributed by atoms with E-state index in [0.717, 1.165) is 0 Å². The van der Waals surface area contributed by atoms with Crippen molar-refractivity contribution in [2.45, 2.75) is 6.92 Å². The maximum absolute atomic E-state index is 5.73. The topological polar surface area (TPSA) is 24.5 Å². The van der Waals surface area contributed by atoms with E-state index >= 15 is 0 Å². The predicted octanol–water partition coefficient (Wildman–Crippen LogP) is 1.92. The molecule has 1 rings (SSSR count). The van der Waals surface area contributed by atoms with Gasteiger partial charge in [0.25, 0.3) is 0 Å². The molecule has 5 heteroatoms. The second-order valence-corrected chi connectivity index (χ2v) is 2.66. The van der Waals surface area contributed by atoms with Crippen LogP contribution in [0.15, 0.2) is 22.5 Å². The van der Waals surface area contributed by atoms with Gasteiger partial charge in [-0.25, -0.2) is 0 Å². The lowest BCUT2D eigenvalue weighted by Crippen LogP contribution is -2.33. The SMILES string of the molecule is CCON1NC=C(Cl)C=C1Cl. The number of nitrogens with one attached hydrogen (secondary N) is 1. The molecular formula is C6H8Cl2N2O. The Hall–Kier alpha value is -0.380. The molecule has 0 spiro atoms. The molecule has 62 valence electrons. The summed E-state index contributed by atoms with van der Waals surface area (Å²) in [6.45, 7) is 2.41. The van der Waals surface area contributed by atoms with Gasteiger partial charge in [0.05, 0.1) is 11.6 Å². The molecule has 0 saturated heterocycles. The lowest BCUT2D eigenvalue weighted by atomic mass is 10.5. The molecule has 0 aliphatic carbocycles. The molecule has 1 N–H and O–H groups in total. The van der Waals surface area contributed by atoms with Gasteiger partial charge in [-0.2, -0.15) is 5.17 Å². The minimum atomic E-state index is 0.416. The molecule has 1 aliphatic rings. The minimum absolute atomic E-state index is 0.416. The smallest absolute Gasteiger partial charge is 0.155 e. The van der Waals surface area contributed by atoms with E-state index in [2.05, 4.69) is 5.43 Å². The lowest BCUT2D eigenvalue weighted by Gasteiger charge is -2.23. The van der Waals surface area contributed by atoms with Gasteiger partial charge in [-0.1, -0.05) is 23.2 Å². The Morgan fingerprint density at radius 3 is 2.91 bits per heavy atom. The highest BCUT2D eigenvalue weighted by atomic mass is 35.5. The van der Waals surface area contributed by atoms with E-state index in [1.54, 1.807) is 12.3 Å². The Kier molecular flexibility index (Phi) is 3.05. The van der Waals surface area contributed by atoms with Gasteiger partial charge in [0, 0.05) is 6.20 Å². The summed E-state index contributed by atoms with van der Waals surface area (Å²) in [6.07, 6.45) is 3.18. The largest absolute Gasteiger partial charge is 0.279 e. The first kappa shape index (κ1) is 8.71. The molecule has 0 atom stereocenters. The van der Waals surface area contributed by atoms with E-state index in [1.807, 2.05) is 6.92 Å². The van der Waals surface area contributed by atoms with Gasteiger partial charge in [0.1, 0.15) is 0 Å². The summed E-state index contributed by atoms with van der Waals surface area (Å²) in [5.41, 5.74) is 2.74. The fourth-order valence-corrected chi connectivity index (χ4v) is 1.05. The van der Waals surface area contributed by atoms with Crippen LogP contribution in [0, 0.1) is 0 Å². The highest BCUT2D eigenvalue weighted by molar-refractivity contribution is 6.34. The van der Waals surface area contributed by atoms with E-state index in [9.17, 15) is 0 Å². The Bertz CT molecular complexity index is 203. The zero-order valence-corrected chi connectivity index (χ0v) is 7.49. The Balaban J connectivity index is 2.56. The van der Waals surface area contributed by atoms with Gasteiger partial charge in [-0.05, 0) is 13.0 Å². The van der Waals surface area contributed by atoms with Gasteiger partial charge >= 0.3 is 0 Å². The molecule has 0 bridgehead atoms. The van der Waals surface area contributed by atoms with Crippen molar-refractivity contribution >= 4 is 23.2 Å². The molecule has 1 heterocycles. The van der Waals surface area contributed by atoms with Crippen molar-refractivity contribution in [2.75, 3.05) is 6.61 Å². The van der Waals surface area contributed by atoms with Gasteiger partial charge in [-0.3, -0.25) is 10.3 Å². The van der Waals surface area contributed by atoms with Crippen molar-refractivity contribution in [3.8, 4) is 0 Å². The molecule has 0 aromatic rings. The first-order valence-electron chi connectivity index (χ1n) is 3.16. The number of nitrogens with zero attached hydrogens (tertiary/aromatic N) is 1. The van der Waals surface area contributed by atoms with Crippen LogP contribution in [0.2, 0.25) is 0 Å². The van der Waals surface area contributed by atoms with Crippen molar-refractivity contribution in [3.05, 3.63) is 22.5 Å². The number of allylic oxidation sites excluding steroid dienone is 2. The quantitative estimate of drug-likeness (QED) is 0.681. The summed E-state index contributed by atoms with van der Waals surface area (Å²) in [7, 11) is 0. The van der Waals surface area contributed by atoms with Crippen LogP contribution in [0.25, 0.3) is 0 Å². The zero-order valence-electron chi connectivity index (χ0n) is 5.97. The van der Waals surface area contributed by atoms with Crippen molar-refractivity contribution in [1.82, 2.24) is 10.6 Å². The number of rotatable bonds is 2. The summed E-state index contributed by atoms with van der Waals surface area (Å²) in [6, 6.07) is 0. The maximum atomic E-state index is 5.73. The third-order valence-electron chi connectivity index (χ3n) is 1.03. The monoisotopic (exact) mass is 194 g/mol. The summed E-state index contributed by atoms with van der Waals surface area (Å²) < 4.78 is 0. The molecular weight excluding hydrogens is 187 g/mol. The minimum Gasteiger partial charge on any atom is -0.279 e. The first-order valence-corrected chi connectivity index (χ1v) is 3.91. The first-order chi connectivity index (χ1) is 5.24. The average molecular weight is 195 g/mol. The third-order valence-corrected chi connectivity index (χ3v) is 1.51. The average Bonchev–Trinajstić information content (AvgIpc) is 1.95. The lowest BCUT2D eigenvalue weighted by molar-refractivity contribution is -0.148. The Morgan fingerprint density at radius 1 is 1.64 bits per heavy atom.